The van der Waals surface area contributed by atoms with E-state index in [4.69, 9.17) is 5.73 Å². The summed E-state index contributed by atoms with van der Waals surface area (Å²) in [6, 6.07) is 0. The summed E-state index contributed by atoms with van der Waals surface area (Å²) in [5.74, 6) is 0.851. The molecule has 1 fully saturated rings. The van der Waals surface area contributed by atoms with Gasteiger partial charge in [-0.05, 0) is 18.8 Å². The van der Waals surface area contributed by atoms with Gasteiger partial charge in [0.1, 0.15) is 0 Å². The molecule has 7 nitrogen and oxygen atoms in total. The first-order chi connectivity index (χ1) is 8.10. The molecule has 0 radical (unpaired) electrons. The average molecular weight is 238 g/mol. The van der Waals surface area contributed by atoms with E-state index in [2.05, 4.69) is 32.9 Å². The van der Waals surface area contributed by atoms with Crippen LogP contribution in [0.15, 0.2) is 0 Å². The third kappa shape index (κ3) is 2.79. The van der Waals surface area contributed by atoms with Gasteiger partial charge < -0.3 is 11.1 Å². The lowest BCUT2D eigenvalue weighted by Gasteiger charge is -2.35. The SMILES string of the molecule is CC1CCCC(N)(C(=O)NCc2nn[nH]n2)C1. The van der Waals surface area contributed by atoms with Crippen LogP contribution in [0.2, 0.25) is 0 Å². The average Bonchev–Trinajstić information content (AvgIpc) is 2.78. The van der Waals surface area contributed by atoms with Crippen molar-refractivity contribution in [3.8, 4) is 0 Å². The van der Waals surface area contributed by atoms with E-state index in [0.717, 1.165) is 25.7 Å². The lowest BCUT2D eigenvalue weighted by molar-refractivity contribution is -0.128. The maximum absolute atomic E-state index is 12.0. The standard InChI is InChI=1S/C10H18N6O/c1-7-3-2-4-10(11,5-7)9(17)12-6-8-13-15-16-14-8/h7H,2-6,11H2,1H3,(H,12,17)(H,13,14,15,16). The number of carbonyl (C=O) groups is 1. The summed E-state index contributed by atoms with van der Waals surface area (Å²) in [4.78, 5) is 12.0. The van der Waals surface area contributed by atoms with Crippen LogP contribution in [0.5, 0.6) is 0 Å². The van der Waals surface area contributed by atoms with Crippen LogP contribution < -0.4 is 11.1 Å². The number of hydrogen-bond donors (Lipinski definition) is 3. The molecule has 2 unspecified atom stereocenters. The molecular weight excluding hydrogens is 220 g/mol. The van der Waals surface area contributed by atoms with Crippen molar-refractivity contribution in [3.05, 3.63) is 5.82 Å². The summed E-state index contributed by atoms with van der Waals surface area (Å²) in [7, 11) is 0. The Morgan fingerprint density at radius 1 is 1.71 bits per heavy atom. The fraction of sp³-hybridized carbons (Fsp3) is 0.800. The van der Waals surface area contributed by atoms with Crippen molar-refractivity contribution in [1.29, 1.82) is 0 Å². The van der Waals surface area contributed by atoms with Gasteiger partial charge in [0.2, 0.25) is 5.91 Å². The van der Waals surface area contributed by atoms with Crippen LogP contribution in [0.4, 0.5) is 0 Å². The molecule has 0 saturated heterocycles. The molecule has 2 atom stereocenters. The maximum Gasteiger partial charge on any atom is 0.240 e. The van der Waals surface area contributed by atoms with Gasteiger partial charge in [-0.2, -0.15) is 5.21 Å². The van der Waals surface area contributed by atoms with Gasteiger partial charge in [0.25, 0.3) is 0 Å². The molecule has 1 heterocycles. The van der Waals surface area contributed by atoms with Crippen LogP contribution in [0.3, 0.4) is 0 Å². The van der Waals surface area contributed by atoms with Crippen molar-refractivity contribution in [2.24, 2.45) is 11.7 Å². The van der Waals surface area contributed by atoms with E-state index < -0.39 is 5.54 Å². The van der Waals surface area contributed by atoms with E-state index in [9.17, 15) is 4.79 Å². The summed E-state index contributed by atoms with van der Waals surface area (Å²) in [6.07, 6.45) is 3.64. The molecule has 1 saturated carbocycles. The van der Waals surface area contributed by atoms with E-state index in [1.54, 1.807) is 0 Å². The molecule has 0 bridgehead atoms. The summed E-state index contributed by atoms with van der Waals surface area (Å²) >= 11 is 0. The van der Waals surface area contributed by atoms with Crippen molar-refractivity contribution < 1.29 is 4.79 Å². The Kier molecular flexibility index (Phi) is 3.37. The third-order valence-electron chi connectivity index (χ3n) is 3.28. The molecular formula is C10H18N6O. The maximum atomic E-state index is 12.0. The second kappa shape index (κ2) is 4.79. The van der Waals surface area contributed by atoms with Crippen LogP contribution in [0.1, 0.15) is 38.4 Å². The van der Waals surface area contributed by atoms with Gasteiger partial charge in [0, 0.05) is 0 Å². The van der Waals surface area contributed by atoms with E-state index in [0.29, 0.717) is 11.7 Å². The number of amides is 1. The van der Waals surface area contributed by atoms with E-state index in [1.165, 1.54) is 0 Å². The minimum absolute atomic E-state index is 0.117. The van der Waals surface area contributed by atoms with E-state index in [1.807, 2.05) is 0 Å². The van der Waals surface area contributed by atoms with Crippen molar-refractivity contribution in [2.45, 2.75) is 44.7 Å². The first kappa shape index (κ1) is 12.0. The number of hydrogen-bond acceptors (Lipinski definition) is 5. The number of H-pyrrole nitrogens is 1. The van der Waals surface area contributed by atoms with Crippen LogP contribution in [-0.4, -0.2) is 32.1 Å². The van der Waals surface area contributed by atoms with Crippen LogP contribution >= 0.6 is 0 Å². The van der Waals surface area contributed by atoms with Crippen molar-refractivity contribution in [2.75, 3.05) is 0 Å². The molecule has 4 N–H and O–H groups in total. The molecule has 1 aromatic rings. The molecule has 1 aliphatic carbocycles. The fourth-order valence-electron chi connectivity index (χ4n) is 2.39. The van der Waals surface area contributed by atoms with Gasteiger partial charge >= 0.3 is 0 Å². The first-order valence-corrected chi connectivity index (χ1v) is 5.90. The van der Waals surface area contributed by atoms with E-state index in [-0.39, 0.29) is 12.5 Å². The molecule has 1 amide bonds. The largest absolute Gasteiger partial charge is 0.347 e. The minimum atomic E-state index is -0.735. The molecule has 1 aliphatic rings. The Morgan fingerprint density at radius 2 is 2.53 bits per heavy atom. The van der Waals surface area contributed by atoms with Crippen LogP contribution in [-0.2, 0) is 11.3 Å². The first-order valence-electron chi connectivity index (χ1n) is 5.90. The predicted molar refractivity (Wildman–Crippen MR) is 60.6 cm³/mol. The van der Waals surface area contributed by atoms with Gasteiger partial charge in [-0.1, -0.05) is 25.0 Å². The summed E-state index contributed by atoms with van der Waals surface area (Å²) in [6.45, 7) is 2.40. The molecule has 2 rings (SSSR count). The number of nitrogens with zero attached hydrogens (tertiary/aromatic N) is 3. The molecule has 0 spiro atoms. The second-order valence-electron chi connectivity index (χ2n) is 4.87. The Bertz CT molecular complexity index is 378. The second-order valence-corrected chi connectivity index (χ2v) is 4.87. The molecule has 0 aliphatic heterocycles. The van der Waals surface area contributed by atoms with Crippen LogP contribution in [0.25, 0.3) is 0 Å². The fourth-order valence-corrected chi connectivity index (χ4v) is 2.39. The monoisotopic (exact) mass is 238 g/mol. The zero-order chi connectivity index (χ0) is 12.3. The van der Waals surface area contributed by atoms with Gasteiger partial charge in [-0.15, -0.1) is 10.2 Å². The third-order valence-corrected chi connectivity index (χ3v) is 3.28. The Morgan fingerprint density at radius 3 is 3.18 bits per heavy atom. The number of rotatable bonds is 3. The topological polar surface area (TPSA) is 110 Å². The Hall–Kier alpha value is -1.50. The number of nitrogens with two attached hydrogens (primary N) is 1. The highest BCUT2D eigenvalue weighted by molar-refractivity contribution is 5.86. The molecule has 17 heavy (non-hydrogen) atoms. The lowest BCUT2D eigenvalue weighted by Crippen LogP contribution is -2.56. The highest BCUT2D eigenvalue weighted by Gasteiger charge is 2.37. The van der Waals surface area contributed by atoms with Crippen molar-refractivity contribution in [1.82, 2.24) is 25.9 Å². The van der Waals surface area contributed by atoms with E-state index >= 15 is 0 Å². The normalized spacial score (nSPS) is 28.9. The van der Waals surface area contributed by atoms with Crippen molar-refractivity contribution >= 4 is 5.91 Å². The zero-order valence-electron chi connectivity index (χ0n) is 9.94. The molecule has 94 valence electrons. The molecule has 0 aromatic carbocycles. The Balaban J connectivity index is 1.90. The highest BCUT2D eigenvalue weighted by Crippen LogP contribution is 2.30. The number of carbonyl (C=O) groups excluding carboxylic acids is 1. The number of aromatic amines is 1. The van der Waals surface area contributed by atoms with Crippen LogP contribution in [0, 0.1) is 5.92 Å². The number of aromatic nitrogens is 4. The molecule has 1 aromatic heterocycles. The number of tetrazole rings is 1. The Labute approximate surface area is 99.5 Å². The van der Waals surface area contributed by atoms with Gasteiger partial charge in [-0.25, -0.2) is 0 Å². The smallest absolute Gasteiger partial charge is 0.240 e. The summed E-state index contributed by atoms with van der Waals surface area (Å²) in [5, 5.41) is 16.1. The highest BCUT2D eigenvalue weighted by atomic mass is 16.2. The summed E-state index contributed by atoms with van der Waals surface area (Å²) < 4.78 is 0. The predicted octanol–water partition coefficient (Wildman–Crippen LogP) is -0.276. The van der Waals surface area contributed by atoms with Gasteiger partial charge in [0.05, 0.1) is 12.1 Å². The van der Waals surface area contributed by atoms with Gasteiger partial charge in [0.15, 0.2) is 5.82 Å². The number of nitrogens with one attached hydrogen (secondary N) is 2. The van der Waals surface area contributed by atoms with Crippen molar-refractivity contribution in [3.63, 3.8) is 0 Å². The molecule has 7 heteroatoms. The minimum Gasteiger partial charge on any atom is -0.347 e. The zero-order valence-corrected chi connectivity index (χ0v) is 9.94. The summed E-state index contributed by atoms with van der Waals surface area (Å²) in [5.41, 5.74) is 5.42. The van der Waals surface area contributed by atoms with Gasteiger partial charge in [-0.3, -0.25) is 4.79 Å². The quantitative estimate of drug-likeness (QED) is 0.671. The lowest BCUT2D eigenvalue weighted by atomic mass is 9.76.